The van der Waals surface area contributed by atoms with Crippen molar-refractivity contribution >= 4 is 16.6 Å². The molecule has 0 atom stereocenters. The van der Waals surface area contributed by atoms with E-state index < -0.39 is 0 Å². The van der Waals surface area contributed by atoms with E-state index in [1.807, 2.05) is 29.7 Å². The van der Waals surface area contributed by atoms with E-state index in [-0.39, 0.29) is 0 Å². The Morgan fingerprint density at radius 2 is 2.17 bits per heavy atom. The second-order valence-corrected chi connectivity index (χ2v) is 2.45. The van der Waals surface area contributed by atoms with Gasteiger partial charge in [-0.1, -0.05) is 18.2 Å². The van der Waals surface area contributed by atoms with Crippen molar-refractivity contribution in [1.29, 1.82) is 0 Å². The molecule has 1 radical (unpaired) electrons. The largest absolute Gasteiger partial charge is 0.291 e. The molecule has 2 N–H and O–H groups in total. The van der Waals surface area contributed by atoms with Crippen molar-refractivity contribution < 1.29 is 5.21 Å². The first-order chi connectivity index (χ1) is 5.90. The molecule has 2 rings (SSSR count). The molecule has 3 heteroatoms. The number of nitrogens with zero attached hydrogens (tertiary/aromatic N) is 1. The lowest BCUT2D eigenvalue weighted by atomic mass is 10.2. The maximum Gasteiger partial charge on any atom is 0.117 e. The Morgan fingerprint density at radius 3 is 3.00 bits per heavy atom. The molecule has 0 fully saturated rings. The highest BCUT2D eigenvalue weighted by molar-refractivity contribution is 5.80. The van der Waals surface area contributed by atoms with Crippen molar-refractivity contribution in [2.75, 3.05) is 5.48 Å². The average Bonchev–Trinajstić information content (AvgIpc) is 2.17. The molecular formula is C9H7N2O. The average molecular weight is 159 g/mol. The number of rotatable bonds is 1. The molecule has 0 amide bonds. The first-order valence-electron chi connectivity index (χ1n) is 3.58. The summed E-state index contributed by atoms with van der Waals surface area (Å²) in [5.41, 5.74) is 3.35. The number of aromatic nitrogens is 1. The summed E-state index contributed by atoms with van der Waals surface area (Å²) in [7, 11) is 0. The highest BCUT2D eigenvalue weighted by Gasteiger charge is 1.94. The van der Waals surface area contributed by atoms with E-state index in [9.17, 15) is 0 Å². The summed E-state index contributed by atoms with van der Waals surface area (Å²) in [4.78, 5) is 4.00. The number of anilines is 1. The molecule has 2 aromatic rings. The Hall–Kier alpha value is -1.61. The molecule has 12 heavy (non-hydrogen) atoms. The summed E-state index contributed by atoms with van der Waals surface area (Å²) in [6.07, 6.45) is 2.65. The van der Waals surface area contributed by atoms with Crippen LogP contribution in [0.4, 0.5) is 5.69 Å². The van der Waals surface area contributed by atoms with Crippen molar-refractivity contribution in [3.05, 3.63) is 36.5 Å². The number of para-hydroxylation sites is 1. The van der Waals surface area contributed by atoms with Gasteiger partial charge in [0, 0.05) is 5.39 Å². The molecular weight excluding hydrogens is 152 g/mol. The second-order valence-electron chi connectivity index (χ2n) is 2.45. The highest BCUT2D eigenvalue weighted by Crippen LogP contribution is 2.14. The van der Waals surface area contributed by atoms with Gasteiger partial charge in [-0.3, -0.25) is 10.7 Å². The van der Waals surface area contributed by atoms with Crippen LogP contribution < -0.4 is 5.48 Å². The maximum absolute atomic E-state index is 8.58. The van der Waals surface area contributed by atoms with Gasteiger partial charge >= 0.3 is 0 Å². The van der Waals surface area contributed by atoms with Crippen LogP contribution in [0.5, 0.6) is 0 Å². The minimum Gasteiger partial charge on any atom is -0.291 e. The first-order valence-corrected chi connectivity index (χ1v) is 3.58. The van der Waals surface area contributed by atoms with Crippen molar-refractivity contribution in [3.8, 4) is 0 Å². The summed E-state index contributed by atoms with van der Waals surface area (Å²) < 4.78 is 0. The molecule has 1 aromatic heterocycles. The predicted octanol–water partition coefficient (Wildman–Crippen LogP) is 1.84. The Balaban J connectivity index is 2.67. The number of nitrogens with one attached hydrogen (secondary N) is 1. The van der Waals surface area contributed by atoms with Gasteiger partial charge in [-0.15, -0.1) is 0 Å². The van der Waals surface area contributed by atoms with E-state index in [1.54, 1.807) is 6.07 Å². The molecule has 1 aromatic carbocycles. The molecule has 0 saturated heterocycles. The number of fused-ring (bicyclic) bond motifs is 1. The molecule has 1 heterocycles. The Labute approximate surface area is 69.6 Å². The van der Waals surface area contributed by atoms with E-state index in [1.165, 1.54) is 0 Å². The topological polar surface area (TPSA) is 45.1 Å². The fourth-order valence-electron chi connectivity index (χ4n) is 1.08. The molecule has 3 nitrogen and oxygen atoms in total. The summed E-state index contributed by atoms with van der Waals surface area (Å²) in [6.45, 7) is 0. The van der Waals surface area contributed by atoms with E-state index >= 15 is 0 Å². The summed E-state index contributed by atoms with van der Waals surface area (Å²) in [6, 6.07) is 9.44. The van der Waals surface area contributed by atoms with Crippen LogP contribution in [-0.2, 0) is 0 Å². The molecule has 0 aliphatic rings. The molecule has 0 unspecified atom stereocenters. The third-order valence-corrected chi connectivity index (χ3v) is 1.65. The highest BCUT2D eigenvalue weighted by atomic mass is 16.5. The van der Waals surface area contributed by atoms with E-state index in [0.717, 1.165) is 10.9 Å². The maximum atomic E-state index is 8.58. The van der Waals surface area contributed by atoms with Crippen LogP contribution in [0.3, 0.4) is 0 Å². The first kappa shape index (κ1) is 7.06. The Kier molecular flexibility index (Phi) is 1.64. The van der Waals surface area contributed by atoms with Gasteiger partial charge in [0.25, 0.3) is 0 Å². The van der Waals surface area contributed by atoms with Crippen LogP contribution in [-0.4, -0.2) is 10.2 Å². The van der Waals surface area contributed by atoms with Crippen LogP contribution in [0.25, 0.3) is 10.9 Å². The van der Waals surface area contributed by atoms with Crippen molar-refractivity contribution in [3.63, 3.8) is 0 Å². The van der Waals surface area contributed by atoms with Crippen LogP contribution in [0.15, 0.2) is 30.3 Å². The van der Waals surface area contributed by atoms with Crippen molar-refractivity contribution in [1.82, 2.24) is 4.98 Å². The molecule has 0 spiro atoms. The van der Waals surface area contributed by atoms with E-state index in [4.69, 9.17) is 5.21 Å². The predicted molar refractivity (Wildman–Crippen MR) is 46.0 cm³/mol. The van der Waals surface area contributed by atoms with Gasteiger partial charge in [-0.2, -0.15) is 0 Å². The molecule has 59 valence electrons. The smallest absolute Gasteiger partial charge is 0.117 e. The fraction of sp³-hybridized carbons (Fsp3) is 0. The van der Waals surface area contributed by atoms with Crippen LogP contribution >= 0.6 is 0 Å². The Bertz CT molecular complexity index is 400. The second kappa shape index (κ2) is 2.79. The standard InChI is InChI=1S/C9H7N2O/c12-11-8-5-7-3-1-2-4-9(7)10-6-8/h1-5,11-12H. The van der Waals surface area contributed by atoms with Crippen LogP contribution in [0.1, 0.15) is 0 Å². The lowest BCUT2D eigenvalue weighted by Crippen LogP contribution is -1.90. The molecule has 0 saturated carbocycles. The molecule has 0 bridgehead atoms. The molecule has 0 aliphatic carbocycles. The normalized spacial score (nSPS) is 10.1. The van der Waals surface area contributed by atoms with E-state index in [2.05, 4.69) is 11.2 Å². The van der Waals surface area contributed by atoms with Gasteiger partial charge in [0.2, 0.25) is 0 Å². The zero-order valence-electron chi connectivity index (χ0n) is 6.28. The number of hydrogen-bond acceptors (Lipinski definition) is 3. The van der Waals surface area contributed by atoms with Crippen molar-refractivity contribution in [2.45, 2.75) is 0 Å². The van der Waals surface area contributed by atoms with Gasteiger partial charge in [0.05, 0.1) is 11.2 Å². The van der Waals surface area contributed by atoms with E-state index in [0.29, 0.717) is 5.69 Å². The summed E-state index contributed by atoms with van der Waals surface area (Å²) in [5.74, 6) is 0. The number of hydrogen-bond donors (Lipinski definition) is 2. The SMILES string of the molecule is ONc1[c]nc2ccccc2c1. The summed E-state index contributed by atoms with van der Waals surface area (Å²) >= 11 is 0. The lowest BCUT2D eigenvalue weighted by molar-refractivity contribution is 0.388. The summed E-state index contributed by atoms with van der Waals surface area (Å²) in [5, 5.41) is 9.56. The van der Waals surface area contributed by atoms with Gasteiger partial charge in [-0.05, 0) is 12.1 Å². The van der Waals surface area contributed by atoms with Gasteiger partial charge in [0.15, 0.2) is 0 Å². The minimum atomic E-state index is 0.480. The monoisotopic (exact) mass is 159 g/mol. The fourth-order valence-corrected chi connectivity index (χ4v) is 1.08. The molecule has 0 aliphatic heterocycles. The lowest BCUT2D eigenvalue weighted by Gasteiger charge is -1.98. The minimum absolute atomic E-state index is 0.480. The third-order valence-electron chi connectivity index (χ3n) is 1.65. The zero-order chi connectivity index (χ0) is 8.39. The van der Waals surface area contributed by atoms with Crippen molar-refractivity contribution in [2.24, 2.45) is 0 Å². The van der Waals surface area contributed by atoms with Crippen LogP contribution in [0, 0.1) is 6.20 Å². The Morgan fingerprint density at radius 1 is 1.33 bits per heavy atom. The van der Waals surface area contributed by atoms with Gasteiger partial charge < -0.3 is 0 Å². The number of pyridine rings is 1. The van der Waals surface area contributed by atoms with Crippen LogP contribution in [0.2, 0.25) is 0 Å². The van der Waals surface area contributed by atoms with Gasteiger partial charge in [0.1, 0.15) is 6.20 Å². The number of benzene rings is 1. The quantitative estimate of drug-likeness (QED) is 0.624. The van der Waals surface area contributed by atoms with Gasteiger partial charge in [-0.25, -0.2) is 4.98 Å². The zero-order valence-corrected chi connectivity index (χ0v) is 6.28. The third kappa shape index (κ3) is 1.10.